The highest BCUT2D eigenvalue weighted by molar-refractivity contribution is 5.98. The zero-order valence-corrected chi connectivity index (χ0v) is 23.1. The second kappa shape index (κ2) is 12.2. The molecule has 0 spiro atoms. The molecule has 0 radical (unpaired) electrons. The quantitative estimate of drug-likeness (QED) is 0.293. The summed E-state index contributed by atoms with van der Waals surface area (Å²) in [5, 5.41) is 3.26. The summed E-state index contributed by atoms with van der Waals surface area (Å²) in [7, 11) is 1.65. The molecule has 1 N–H and O–H groups in total. The van der Waals surface area contributed by atoms with Crippen molar-refractivity contribution in [2.24, 2.45) is 11.8 Å². The summed E-state index contributed by atoms with van der Waals surface area (Å²) >= 11 is 0. The summed E-state index contributed by atoms with van der Waals surface area (Å²) in [5.74, 6) is 0.653. The Labute approximate surface area is 231 Å². The second-order valence-electron chi connectivity index (χ2n) is 10.6. The van der Waals surface area contributed by atoms with Crippen LogP contribution in [-0.2, 0) is 9.53 Å². The number of rotatable bonds is 9. The van der Waals surface area contributed by atoms with Gasteiger partial charge in [0.05, 0.1) is 24.1 Å². The van der Waals surface area contributed by atoms with E-state index in [0.29, 0.717) is 34.6 Å². The lowest BCUT2D eigenvalue weighted by Crippen LogP contribution is -2.29. The van der Waals surface area contributed by atoms with Crippen LogP contribution in [0.3, 0.4) is 0 Å². The zero-order chi connectivity index (χ0) is 29.0. The third-order valence-electron chi connectivity index (χ3n) is 7.10. The van der Waals surface area contributed by atoms with Gasteiger partial charge < -0.3 is 24.3 Å². The van der Waals surface area contributed by atoms with Crippen molar-refractivity contribution in [2.45, 2.75) is 58.9 Å². The standard InChI is InChI=1S/C29H35F3N4O4/c1-5-39-26(37)12-13-35(4)27(38)20-6-11-24-25(17-20)36(22-15-18(2)14-19(3)16-22)28(34-24)33-21-7-9-23(10-8-21)40-29(30,31)32/h6-11,17-19,22H,5,12-16H2,1-4H3,(H,33,34). The van der Waals surface area contributed by atoms with Gasteiger partial charge in [-0.2, -0.15) is 0 Å². The number of benzene rings is 2. The minimum absolute atomic E-state index is 0.106. The lowest BCUT2D eigenvalue weighted by molar-refractivity contribution is -0.274. The van der Waals surface area contributed by atoms with Gasteiger partial charge in [0, 0.05) is 30.9 Å². The lowest BCUT2D eigenvalue weighted by atomic mass is 9.80. The molecule has 3 aromatic rings. The van der Waals surface area contributed by atoms with E-state index >= 15 is 0 Å². The van der Waals surface area contributed by atoms with Gasteiger partial charge in [0.2, 0.25) is 5.95 Å². The van der Waals surface area contributed by atoms with Crippen LogP contribution in [0.2, 0.25) is 0 Å². The van der Waals surface area contributed by atoms with Crippen LogP contribution in [-0.4, -0.2) is 52.9 Å². The molecular weight excluding hydrogens is 525 g/mol. The fraction of sp³-hybridized carbons (Fsp3) is 0.483. The number of anilines is 2. The topological polar surface area (TPSA) is 85.7 Å². The summed E-state index contributed by atoms with van der Waals surface area (Å²) in [6.07, 6.45) is -1.67. The summed E-state index contributed by atoms with van der Waals surface area (Å²) in [6, 6.07) is 10.9. The normalized spacial score (nSPS) is 19.3. The Morgan fingerprint density at radius 2 is 1.75 bits per heavy atom. The second-order valence-corrected chi connectivity index (χ2v) is 10.6. The Bertz CT molecular complexity index is 1330. The van der Waals surface area contributed by atoms with E-state index in [1.54, 1.807) is 26.1 Å². The average Bonchev–Trinajstić information content (AvgIpc) is 3.23. The van der Waals surface area contributed by atoms with E-state index in [-0.39, 0.29) is 43.2 Å². The zero-order valence-electron chi connectivity index (χ0n) is 23.1. The van der Waals surface area contributed by atoms with Crippen LogP contribution < -0.4 is 10.1 Å². The molecule has 40 heavy (non-hydrogen) atoms. The Balaban J connectivity index is 1.65. The highest BCUT2D eigenvalue weighted by atomic mass is 19.4. The largest absolute Gasteiger partial charge is 0.573 e. The average molecular weight is 561 g/mol. The third kappa shape index (κ3) is 7.25. The fourth-order valence-corrected chi connectivity index (χ4v) is 5.48. The van der Waals surface area contributed by atoms with E-state index in [1.165, 1.54) is 29.2 Å². The van der Waals surface area contributed by atoms with E-state index in [9.17, 15) is 22.8 Å². The van der Waals surface area contributed by atoms with Crippen molar-refractivity contribution in [2.75, 3.05) is 25.5 Å². The number of fused-ring (bicyclic) bond motifs is 1. The van der Waals surface area contributed by atoms with Gasteiger partial charge >= 0.3 is 12.3 Å². The highest BCUT2D eigenvalue weighted by Gasteiger charge is 2.31. The fourth-order valence-electron chi connectivity index (χ4n) is 5.48. The molecule has 1 aliphatic carbocycles. The molecular formula is C29H35F3N4O4. The number of amides is 1. The first kappa shape index (κ1) is 29.2. The molecule has 2 unspecified atom stereocenters. The number of halogens is 3. The number of ether oxygens (including phenoxy) is 2. The van der Waals surface area contributed by atoms with Crippen molar-refractivity contribution < 1.29 is 32.2 Å². The van der Waals surface area contributed by atoms with Gasteiger partial charge in [0.15, 0.2) is 0 Å². The van der Waals surface area contributed by atoms with Crippen molar-refractivity contribution in [3.05, 3.63) is 48.0 Å². The molecule has 1 saturated carbocycles. The first-order valence-corrected chi connectivity index (χ1v) is 13.5. The number of carbonyl (C=O) groups is 2. The molecule has 2 aromatic carbocycles. The molecule has 4 rings (SSSR count). The van der Waals surface area contributed by atoms with Crippen molar-refractivity contribution >= 4 is 34.5 Å². The number of hydrogen-bond acceptors (Lipinski definition) is 6. The van der Waals surface area contributed by atoms with Crippen LogP contribution in [0.4, 0.5) is 24.8 Å². The molecule has 0 aliphatic heterocycles. The molecule has 11 heteroatoms. The molecule has 2 atom stereocenters. The minimum Gasteiger partial charge on any atom is -0.466 e. The van der Waals surface area contributed by atoms with E-state index in [0.717, 1.165) is 24.8 Å². The van der Waals surface area contributed by atoms with Gasteiger partial charge in [-0.25, -0.2) is 4.98 Å². The lowest BCUT2D eigenvalue weighted by Gasteiger charge is -2.33. The van der Waals surface area contributed by atoms with Crippen molar-refractivity contribution in [3.8, 4) is 5.75 Å². The van der Waals surface area contributed by atoms with Crippen LogP contribution in [0, 0.1) is 11.8 Å². The van der Waals surface area contributed by atoms with Crippen molar-refractivity contribution in [1.29, 1.82) is 0 Å². The Morgan fingerprint density at radius 1 is 1.07 bits per heavy atom. The van der Waals surface area contributed by atoms with Crippen LogP contribution in [0.5, 0.6) is 5.75 Å². The smallest absolute Gasteiger partial charge is 0.466 e. The molecule has 1 amide bonds. The van der Waals surface area contributed by atoms with Gasteiger partial charge in [-0.3, -0.25) is 9.59 Å². The van der Waals surface area contributed by atoms with Crippen LogP contribution in [0.25, 0.3) is 11.0 Å². The highest BCUT2D eigenvalue weighted by Crippen LogP contribution is 2.40. The number of nitrogens with zero attached hydrogens (tertiary/aromatic N) is 3. The van der Waals surface area contributed by atoms with Gasteiger partial charge in [-0.15, -0.1) is 13.2 Å². The minimum atomic E-state index is -4.76. The Hall–Kier alpha value is -3.76. The number of esters is 1. The van der Waals surface area contributed by atoms with Crippen LogP contribution >= 0.6 is 0 Å². The maximum Gasteiger partial charge on any atom is 0.573 e. The van der Waals surface area contributed by atoms with Crippen LogP contribution in [0.1, 0.15) is 62.9 Å². The number of hydrogen-bond donors (Lipinski definition) is 1. The van der Waals surface area contributed by atoms with Gasteiger partial charge in [0.25, 0.3) is 5.91 Å². The number of alkyl halides is 3. The Kier molecular flexibility index (Phi) is 8.90. The molecule has 0 saturated heterocycles. The van der Waals surface area contributed by atoms with Crippen molar-refractivity contribution in [1.82, 2.24) is 14.5 Å². The first-order chi connectivity index (χ1) is 18.9. The molecule has 1 fully saturated rings. The molecule has 1 aliphatic rings. The number of aromatic nitrogens is 2. The molecule has 1 heterocycles. The first-order valence-electron chi connectivity index (χ1n) is 13.5. The number of imidazole rings is 1. The Morgan fingerprint density at radius 3 is 2.38 bits per heavy atom. The maximum atomic E-state index is 13.2. The van der Waals surface area contributed by atoms with E-state index in [2.05, 4.69) is 28.5 Å². The number of nitrogens with one attached hydrogen (secondary N) is 1. The summed E-state index contributed by atoms with van der Waals surface area (Å²) in [5.41, 5.74) is 2.50. The maximum absolute atomic E-state index is 13.2. The summed E-state index contributed by atoms with van der Waals surface area (Å²) in [4.78, 5) is 31.3. The monoisotopic (exact) mass is 560 g/mol. The summed E-state index contributed by atoms with van der Waals surface area (Å²) < 4.78 is 48.8. The van der Waals surface area contributed by atoms with Crippen molar-refractivity contribution in [3.63, 3.8) is 0 Å². The number of carbonyl (C=O) groups excluding carboxylic acids is 2. The van der Waals surface area contributed by atoms with E-state index < -0.39 is 6.36 Å². The third-order valence-corrected chi connectivity index (χ3v) is 7.10. The van der Waals surface area contributed by atoms with Gasteiger partial charge in [-0.05, 0) is 80.5 Å². The molecule has 1 aromatic heterocycles. The van der Waals surface area contributed by atoms with Gasteiger partial charge in [0.1, 0.15) is 5.75 Å². The molecule has 8 nitrogen and oxygen atoms in total. The summed E-state index contributed by atoms with van der Waals surface area (Å²) in [6.45, 7) is 6.70. The van der Waals surface area contributed by atoms with Crippen LogP contribution in [0.15, 0.2) is 42.5 Å². The SMILES string of the molecule is CCOC(=O)CCN(C)C(=O)c1ccc2nc(Nc3ccc(OC(F)(F)F)cc3)n(C3CC(C)CC(C)C3)c2c1. The molecule has 0 bridgehead atoms. The van der Waals surface area contributed by atoms with E-state index in [1.807, 2.05) is 6.07 Å². The predicted octanol–water partition coefficient (Wildman–Crippen LogP) is 6.70. The predicted molar refractivity (Wildman–Crippen MR) is 146 cm³/mol. The van der Waals surface area contributed by atoms with E-state index in [4.69, 9.17) is 9.72 Å². The molecule has 216 valence electrons. The van der Waals surface area contributed by atoms with Gasteiger partial charge in [-0.1, -0.05) is 13.8 Å².